The Balaban J connectivity index is 0.929. The van der Waals surface area contributed by atoms with Crippen molar-refractivity contribution in [3.63, 3.8) is 0 Å². The van der Waals surface area contributed by atoms with E-state index in [1.54, 1.807) is 70.7 Å². The van der Waals surface area contributed by atoms with Crippen molar-refractivity contribution in [1.82, 2.24) is 29.7 Å². The van der Waals surface area contributed by atoms with Crippen LogP contribution in [-0.4, -0.2) is 66.8 Å². The molecular weight excluding hydrogens is 737 g/mol. The highest BCUT2D eigenvalue weighted by atomic mass is 16.6. The van der Waals surface area contributed by atoms with E-state index in [0.717, 1.165) is 46.5 Å². The number of nitrogens with one attached hydrogen (secondary N) is 2. The molecule has 58 heavy (non-hydrogen) atoms. The zero-order valence-electron chi connectivity index (χ0n) is 31.5. The van der Waals surface area contributed by atoms with Crippen molar-refractivity contribution in [3.8, 4) is 33.6 Å². The molecule has 0 saturated carbocycles. The Morgan fingerprint density at radius 1 is 0.552 bits per heavy atom. The Bertz CT molecular complexity index is 2230. The molecule has 2 saturated heterocycles. The van der Waals surface area contributed by atoms with E-state index >= 15 is 0 Å². The van der Waals surface area contributed by atoms with Crippen LogP contribution in [0.25, 0.3) is 33.6 Å². The van der Waals surface area contributed by atoms with Crippen molar-refractivity contribution in [3.05, 3.63) is 144 Å². The second-order valence-electron chi connectivity index (χ2n) is 14.4. The van der Waals surface area contributed by atoms with Crippen molar-refractivity contribution in [1.29, 1.82) is 0 Å². The molecule has 14 heteroatoms. The molecule has 2 fully saturated rings. The molecule has 0 radical (unpaired) electrons. The first-order chi connectivity index (χ1) is 28.2. The van der Waals surface area contributed by atoms with Crippen LogP contribution in [0.15, 0.2) is 122 Å². The number of primary amides is 2. The lowest BCUT2D eigenvalue weighted by Crippen LogP contribution is -2.37. The van der Waals surface area contributed by atoms with Crippen LogP contribution in [0.4, 0.5) is 9.59 Å². The Kier molecular flexibility index (Phi) is 10.7. The molecule has 0 bridgehead atoms. The highest BCUT2D eigenvalue weighted by molar-refractivity contribution is 5.86. The number of aromatic nitrogens is 4. The van der Waals surface area contributed by atoms with Gasteiger partial charge in [-0.2, -0.15) is 0 Å². The van der Waals surface area contributed by atoms with Crippen LogP contribution in [0.1, 0.15) is 72.8 Å². The third-order valence-electron chi connectivity index (χ3n) is 10.7. The monoisotopic (exact) mass is 778 g/mol. The molecule has 14 nitrogen and oxygen atoms in total. The Morgan fingerprint density at radius 3 is 1.28 bits per heavy atom. The maximum absolute atomic E-state index is 13.7. The summed E-state index contributed by atoms with van der Waals surface area (Å²) < 4.78 is 10.6. The van der Waals surface area contributed by atoms with E-state index in [-0.39, 0.29) is 23.9 Å². The van der Waals surface area contributed by atoms with E-state index in [1.165, 1.54) is 0 Å². The summed E-state index contributed by atoms with van der Waals surface area (Å²) in [6, 6.07) is 33.4. The molecule has 4 heterocycles. The van der Waals surface area contributed by atoms with Gasteiger partial charge in [0, 0.05) is 24.2 Å². The van der Waals surface area contributed by atoms with Gasteiger partial charge in [0.1, 0.15) is 11.6 Å². The minimum atomic E-state index is -1.14. The molecule has 4 atom stereocenters. The van der Waals surface area contributed by atoms with Gasteiger partial charge in [0.2, 0.25) is 12.2 Å². The summed E-state index contributed by atoms with van der Waals surface area (Å²) in [7, 11) is 0. The minimum Gasteiger partial charge on any atom is -0.431 e. The van der Waals surface area contributed by atoms with Crippen molar-refractivity contribution >= 4 is 24.0 Å². The molecule has 0 unspecified atom stereocenters. The normalized spacial score (nSPS) is 17.4. The summed E-state index contributed by atoms with van der Waals surface area (Å²) in [6.07, 6.45) is 2.23. The molecule has 2 aliphatic heterocycles. The lowest BCUT2D eigenvalue weighted by atomic mass is 10.0. The third-order valence-corrected chi connectivity index (χ3v) is 10.7. The maximum atomic E-state index is 13.7. The lowest BCUT2D eigenvalue weighted by molar-refractivity contribution is -0.142. The van der Waals surface area contributed by atoms with Gasteiger partial charge < -0.3 is 40.7 Å². The molecule has 8 rings (SSSR count). The van der Waals surface area contributed by atoms with Crippen molar-refractivity contribution in [2.45, 2.75) is 50.0 Å². The van der Waals surface area contributed by atoms with E-state index in [1.807, 2.05) is 60.7 Å². The number of benzene rings is 4. The predicted octanol–water partition coefficient (Wildman–Crippen LogP) is 7.13. The molecule has 6 N–H and O–H groups in total. The van der Waals surface area contributed by atoms with Gasteiger partial charge in [-0.25, -0.2) is 19.6 Å². The van der Waals surface area contributed by atoms with Gasteiger partial charge in [0.15, 0.2) is 0 Å². The van der Waals surface area contributed by atoms with Crippen LogP contribution < -0.4 is 11.5 Å². The highest BCUT2D eigenvalue weighted by Gasteiger charge is 2.39. The molecular formula is C44H42N8O6. The summed E-state index contributed by atoms with van der Waals surface area (Å²) in [6.45, 7) is 1.01. The number of hydrogen-bond donors (Lipinski definition) is 4. The number of amides is 4. The van der Waals surface area contributed by atoms with E-state index in [2.05, 4.69) is 19.9 Å². The Hall–Kier alpha value is -7.22. The van der Waals surface area contributed by atoms with Gasteiger partial charge in [-0.15, -0.1) is 0 Å². The smallest absolute Gasteiger partial charge is 0.405 e. The average molecular weight is 779 g/mol. The Morgan fingerprint density at radius 2 is 0.914 bits per heavy atom. The van der Waals surface area contributed by atoms with E-state index < -0.39 is 24.4 Å². The first-order valence-corrected chi connectivity index (χ1v) is 19.2. The molecule has 4 amide bonds. The summed E-state index contributed by atoms with van der Waals surface area (Å²) in [5, 5.41) is 0. The fraction of sp³-hybridized carbons (Fsp3) is 0.227. The van der Waals surface area contributed by atoms with Gasteiger partial charge in [0.05, 0.1) is 35.9 Å². The summed E-state index contributed by atoms with van der Waals surface area (Å²) in [5.41, 5.74) is 17.4. The van der Waals surface area contributed by atoms with Crippen LogP contribution in [0, 0.1) is 0 Å². The maximum Gasteiger partial charge on any atom is 0.405 e. The number of carbonyl (C=O) groups is 4. The highest BCUT2D eigenvalue weighted by Crippen LogP contribution is 2.37. The summed E-state index contributed by atoms with van der Waals surface area (Å²) in [4.78, 5) is 70.4. The number of carbonyl (C=O) groups excluding carboxylic acids is 4. The fourth-order valence-corrected chi connectivity index (χ4v) is 7.93. The number of likely N-dealkylation sites (tertiary alicyclic amines) is 2. The number of H-pyrrole nitrogens is 2. The molecule has 4 aromatic carbocycles. The van der Waals surface area contributed by atoms with Crippen molar-refractivity contribution in [2.75, 3.05) is 13.1 Å². The van der Waals surface area contributed by atoms with Crippen LogP contribution in [0.2, 0.25) is 0 Å². The van der Waals surface area contributed by atoms with Crippen molar-refractivity contribution < 1.29 is 28.7 Å². The van der Waals surface area contributed by atoms with Crippen molar-refractivity contribution in [2.24, 2.45) is 11.5 Å². The van der Waals surface area contributed by atoms with E-state index in [0.29, 0.717) is 48.7 Å². The molecule has 0 aliphatic carbocycles. The van der Waals surface area contributed by atoms with E-state index in [4.69, 9.17) is 20.9 Å². The number of imidazole rings is 2. The molecule has 2 aromatic heterocycles. The van der Waals surface area contributed by atoms with Crippen LogP contribution in [-0.2, 0) is 19.1 Å². The zero-order chi connectivity index (χ0) is 40.2. The summed E-state index contributed by atoms with van der Waals surface area (Å²) in [5.74, 6) is 0.641. The lowest BCUT2D eigenvalue weighted by Gasteiger charge is -2.27. The van der Waals surface area contributed by atoms with Gasteiger partial charge in [-0.1, -0.05) is 109 Å². The molecule has 0 spiro atoms. The zero-order valence-corrected chi connectivity index (χ0v) is 31.5. The number of nitrogens with two attached hydrogens (primary N) is 2. The minimum absolute atomic E-state index is 0.304. The molecule has 6 aromatic rings. The Labute approximate surface area is 334 Å². The topological polar surface area (TPSA) is 203 Å². The fourth-order valence-electron chi connectivity index (χ4n) is 7.93. The van der Waals surface area contributed by atoms with E-state index in [9.17, 15) is 19.2 Å². The second-order valence-corrected chi connectivity index (χ2v) is 14.4. The van der Waals surface area contributed by atoms with Crippen LogP contribution >= 0.6 is 0 Å². The second kappa shape index (κ2) is 16.5. The first kappa shape index (κ1) is 37.7. The number of rotatable bonds is 11. The molecule has 294 valence electrons. The van der Waals surface area contributed by atoms with Gasteiger partial charge in [-0.05, 0) is 47.9 Å². The largest absolute Gasteiger partial charge is 0.431 e. The number of hydrogen-bond acceptors (Lipinski definition) is 8. The first-order valence-electron chi connectivity index (χ1n) is 19.2. The quantitative estimate of drug-likeness (QED) is 0.106. The standard InChI is InChI=1S/C44H42N8O6/c45-43(55)57-37(31-9-3-1-4-10-31)41(53)51-23-7-13-35(51)39-47-25-33(49-39)29-19-15-27(16-20-29)28-17-21-30(22-18-28)34-26-48-40(50-34)36-14-8-24-52(36)42(54)38(58-44(46)56)32-11-5-2-6-12-32/h1-6,9-12,15-22,25-26,35-38H,7-8,13-14,23-24H2,(H2,45,55)(H2,46,56)(H,47,49)(H,48,50)/t35-,36-,37-,38-/m0/s1. The predicted molar refractivity (Wildman–Crippen MR) is 214 cm³/mol. The number of nitrogens with zero attached hydrogens (tertiary/aromatic N) is 4. The molecule has 2 aliphatic rings. The number of ether oxygens (including phenoxy) is 2. The SMILES string of the molecule is NC(=O)O[C@H](C(=O)N1CCC[C@H]1c1ncc(-c2ccc(-c3ccc(-c4cnc([C@@H]5CCCN5C(=O)[C@@H](OC(N)=O)c5ccccc5)[nH]4)cc3)cc2)[nH]1)c1ccccc1. The average Bonchev–Trinajstić information content (AvgIpc) is 4.09. The number of aromatic amines is 2. The van der Waals surface area contributed by atoms with Crippen LogP contribution in [0.3, 0.4) is 0 Å². The summed E-state index contributed by atoms with van der Waals surface area (Å²) >= 11 is 0. The van der Waals surface area contributed by atoms with Gasteiger partial charge in [-0.3, -0.25) is 9.59 Å². The third kappa shape index (κ3) is 7.89. The van der Waals surface area contributed by atoms with Crippen LogP contribution in [0.5, 0.6) is 0 Å². The van der Waals surface area contributed by atoms with Gasteiger partial charge >= 0.3 is 12.2 Å². The van der Waals surface area contributed by atoms with Gasteiger partial charge in [0.25, 0.3) is 11.8 Å².